The van der Waals surface area contributed by atoms with Crippen LogP contribution in [0.5, 0.6) is 0 Å². The number of rotatable bonds is 8. The van der Waals surface area contributed by atoms with Crippen LogP contribution in [0.25, 0.3) is 6.08 Å². The third kappa shape index (κ3) is 5.42. The molecule has 1 aromatic rings. The van der Waals surface area contributed by atoms with Crippen LogP contribution in [0.3, 0.4) is 0 Å². The van der Waals surface area contributed by atoms with Gasteiger partial charge in [0, 0.05) is 20.8 Å². The number of nitrogens with two attached hydrogens (primary N) is 1. The first-order valence-electron chi connectivity index (χ1n) is 8.93. The molecule has 2 heterocycles. The Morgan fingerprint density at radius 1 is 1.17 bits per heavy atom. The number of nitrogens with zero attached hydrogens (tertiary/aromatic N) is 2. The summed E-state index contributed by atoms with van der Waals surface area (Å²) in [6.07, 6.45) is -0.360. The number of aliphatic hydroxyl groups is 1. The van der Waals surface area contributed by atoms with Crippen molar-refractivity contribution in [1.29, 1.82) is 0 Å². The van der Waals surface area contributed by atoms with E-state index in [1.54, 1.807) is 0 Å². The molecule has 0 bridgehead atoms. The van der Waals surface area contributed by atoms with Crippen LogP contribution in [0.4, 0.5) is 0 Å². The monoisotopic (exact) mass is 425 g/mol. The van der Waals surface area contributed by atoms with Gasteiger partial charge >= 0.3 is 17.9 Å². The van der Waals surface area contributed by atoms with Crippen LogP contribution in [0.1, 0.15) is 43.2 Å². The van der Waals surface area contributed by atoms with E-state index in [4.69, 9.17) is 29.8 Å². The van der Waals surface area contributed by atoms with E-state index in [-0.39, 0.29) is 24.6 Å². The number of esters is 3. The summed E-state index contributed by atoms with van der Waals surface area (Å²) in [5, 5.41) is 9.09. The molecular formula is C18H23N3O9. The van der Waals surface area contributed by atoms with Gasteiger partial charge in [-0.1, -0.05) is 6.08 Å². The molecule has 0 aromatic carbocycles. The topological polar surface area (TPSA) is 169 Å². The fraction of sp³-hybridized carbons (Fsp3) is 0.500. The normalized spacial score (nSPS) is 23.3. The number of hydrogen-bond acceptors (Lipinski definition) is 10. The lowest BCUT2D eigenvalue weighted by molar-refractivity contribution is -0.166. The van der Waals surface area contributed by atoms with Crippen molar-refractivity contribution in [1.82, 2.24) is 9.55 Å². The zero-order valence-electron chi connectivity index (χ0n) is 16.6. The maximum Gasteiger partial charge on any atom is 0.303 e. The van der Waals surface area contributed by atoms with Gasteiger partial charge in [0.05, 0.1) is 18.6 Å². The van der Waals surface area contributed by atoms with Gasteiger partial charge in [0.1, 0.15) is 12.7 Å². The fourth-order valence-electron chi connectivity index (χ4n) is 3.01. The number of carbonyl (C=O) groups excluding carboxylic acids is 4. The van der Waals surface area contributed by atoms with Crippen molar-refractivity contribution in [3.8, 4) is 0 Å². The fourth-order valence-corrected chi connectivity index (χ4v) is 3.01. The molecule has 0 saturated carbocycles. The summed E-state index contributed by atoms with van der Waals surface area (Å²) in [5.41, 5.74) is 5.41. The first kappa shape index (κ1) is 23.0. The van der Waals surface area contributed by atoms with E-state index in [0.29, 0.717) is 0 Å². The maximum atomic E-state index is 11.7. The van der Waals surface area contributed by atoms with Crippen LogP contribution in [-0.4, -0.2) is 70.0 Å². The first-order chi connectivity index (χ1) is 14.1. The minimum absolute atomic E-state index is 0.114. The predicted molar refractivity (Wildman–Crippen MR) is 98.5 cm³/mol. The van der Waals surface area contributed by atoms with Gasteiger partial charge < -0.3 is 29.8 Å². The molecule has 164 valence electrons. The number of amides is 1. The quantitative estimate of drug-likeness (QED) is 0.401. The Kier molecular flexibility index (Phi) is 7.66. The predicted octanol–water partition coefficient (Wildman–Crippen LogP) is -0.689. The average Bonchev–Trinajstić information content (AvgIpc) is 3.19. The van der Waals surface area contributed by atoms with E-state index in [9.17, 15) is 19.2 Å². The third-order valence-electron chi connectivity index (χ3n) is 4.06. The smallest absolute Gasteiger partial charge is 0.303 e. The SMILES string of the molecule is CC(=O)OC[C@H]1O[C@@H](n2cnc(C(N)=O)c2/C=C/CO)[C@H](OC(C)=O)[C@@H]1OC(C)=O. The second-order valence-electron chi connectivity index (χ2n) is 6.35. The third-order valence-corrected chi connectivity index (χ3v) is 4.06. The first-order valence-corrected chi connectivity index (χ1v) is 8.93. The lowest BCUT2D eigenvalue weighted by Gasteiger charge is -2.24. The summed E-state index contributed by atoms with van der Waals surface area (Å²) >= 11 is 0. The number of carbonyl (C=O) groups is 4. The number of primary amides is 1. The molecule has 2 rings (SSSR count). The van der Waals surface area contributed by atoms with Crippen molar-refractivity contribution < 1.29 is 43.2 Å². The molecule has 0 radical (unpaired) electrons. The standard InChI is InChI=1S/C18H23N3O9/c1-9(23)27-7-13-15(28-10(2)24)16(29-11(3)25)18(30-13)21-8-20-14(17(19)26)12(21)5-4-6-22/h4-5,8,13,15-16,18,22H,6-7H2,1-3H3,(H2,19,26)/b5-4+/t13-,15-,16-,18-/m1/s1. The summed E-state index contributed by atoms with van der Waals surface area (Å²) in [4.78, 5) is 50.2. The van der Waals surface area contributed by atoms with Crippen LogP contribution in [0.2, 0.25) is 0 Å². The van der Waals surface area contributed by atoms with Gasteiger partial charge in [-0.3, -0.25) is 23.7 Å². The molecule has 4 atom stereocenters. The molecule has 1 aromatic heterocycles. The summed E-state index contributed by atoms with van der Waals surface area (Å²) in [5.74, 6) is -2.76. The Hall–Kier alpha value is -3.25. The van der Waals surface area contributed by atoms with Crippen LogP contribution in [0, 0.1) is 0 Å². The second-order valence-corrected chi connectivity index (χ2v) is 6.35. The average molecular weight is 425 g/mol. The van der Waals surface area contributed by atoms with Crippen LogP contribution in [0.15, 0.2) is 12.4 Å². The number of aliphatic hydroxyl groups excluding tert-OH is 1. The highest BCUT2D eigenvalue weighted by Gasteiger charge is 2.51. The number of aromatic nitrogens is 2. The number of hydrogen-bond donors (Lipinski definition) is 2. The minimum Gasteiger partial charge on any atom is -0.463 e. The van der Waals surface area contributed by atoms with E-state index < -0.39 is 48.4 Å². The van der Waals surface area contributed by atoms with Gasteiger partial charge in [-0.05, 0) is 6.08 Å². The molecule has 0 unspecified atom stereocenters. The molecule has 3 N–H and O–H groups in total. The van der Waals surface area contributed by atoms with E-state index in [1.165, 1.54) is 36.9 Å². The molecular weight excluding hydrogens is 402 g/mol. The van der Waals surface area contributed by atoms with Gasteiger partial charge in [0.15, 0.2) is 24.1 Å². The molecule has 0 aliphatic carbocycles. The van der Waals surface area contributed by atoms with Crippen LogP contribution < -0.4 is 5.73 Å². The Balaban J connectivity index is 2.51. The Bertz CT molecular complexity index is 848. The summed E-state index contributed by atoms with van der Waals surface area (Å²) in [7, 11) is 0. The second kappa shape index (κ2) is 9.98. The van der Waals surface area contributed by atoms with E-state index in [2.05, 4.69) is 4.98 Å². The maximum absolute atomic E-state index is 11.7. The highest BCUT2D eigenvalue weighted by Crippen LogP contribution is 2.36. The molecule has 1 fully saturated rings. The molecule has 1 aliphatic heterocycles. The highest BCUT2D eigenvalue weighted by atomic mass is 16.7. The van der Waals surface area contributed by atoms with Crippen LogP contribution >= 0.6 is 0 Å². The molecule has 1 amide bonds. The zero-order valence-corrected chi connectivity index (χ0v) is 16.6. The lowest BCUT2D eigenvalue weighted by atomic mass is 10.1. The van der Waals surface area contributed by atoms with Crippen LogP contribution in [-0.2, 0) is 33.3 Å². The zero-order chi connectivity index (χ0) is 22.4. The summed E-state index contributed by atoms with van der Waals surface area (Å²) < 4.78 is 22.8. The van der Waals surface area contributed by atoms with Gasteiger partial charge in [-0.25, -0.2) is 4.98 Å². The van der Waals surface area contributed by atoms with Crippen molar-refractivity contribution in [3.63, 3.8) is 0 Å². The molecule has 12 heteroatoms. The van der Waals surface area contributed by atoms with E-state index >= 15 is 0 Å². The van der Waals surface area contributed by atoms with Crippen molar-refractivity contribution in [2.45, 2.75) is 45.3 Å². The van der Waals surface area contributed by atoms with Crippen molar-refractivity contribution in [3.05, 3.63) is 23.8 Å². The molecule has 0 spiro atoms. The summed E-state index contributed by atoms with van der Waals surface area (Å²) in [6.45, 7) is 2.92. The molecule has 1 saturated heterocycles. The van der Waals surface area contributed by atoms with Gasteiger partial charge in [0.2, 0.25) is 0 Å². The minimum atomic E-state index is -1.15. The lowest BCUT2D eigenvalue weighted by Crippen LogP contribution is -2.40. The van der Waals surface area contributed by atoms with E-state index in [1.807, 2.05) is 0 Å². The van der Waals surface area contributed by atoms with Crippen molar-refractivity contribution in [2.75, 3.05) is 13.2 Å². The van der Waals surface area contributed by atoms with Gasteiger partial charge in [0.25, 0.3) is 5.91 Å². The van der Waals surface area contributed by atoms with Crippen molar-refractivity contribution in [2.24, 2.45) is 5.73 Å². The van der Waals surface area contributed by atoms with E-state index in [0.717, 1.165) is 6.92 Å². The largest absolute Gasteiger partial charge is 0.463 e. The molecule has 12 nitrogen and oxygen atoms in total. The Labute approximate surface area is 171 Å². The number of imidazole rings is 1. The summed E-state index contributed by atoms with van der Waals surface area (Å²) in [6, 6.07) is 0. The van der Waals surface area contributed by atoms with Crippen molar-refractivity contribution >= 4 is 29.9 Å². The van der Waals surface area contributed by atoms with Gasteiger partial charge in [-0.15, -0.1) is 0 Å². The Morgan fingerprint density at radius 2 is 1.80 bits per heavy atom. The molecule has 30 heavy (non-hydrogen) atoms. The van der Waals surface area contributed by atoms with Gasteiger partial charge in [-0.2, -0.15) is 0 Å². The Morgan fingerprint density at radius 3 is 2.33 bits per heavy atom. The highest BCUT2D eigenvalue weighted by molar-refractivity contribution is 5.94. The molecule has 1 aliphatic rings. The number of ether oxygens (including phenoxy) is 4.